The van der Waals surface area contributed by atoms with E-state index in [2.05, 4.69) is 16.4 Å². The number of rotatable bonds is 3. The van der Waals surface area contributed by atoms with Crippen LogP contribution in [0, 0.1) is 16.7 Å². The lowest BCUT2D eigenvalue weighted by molar-refractivity contribution is -0.124. The van der Waals surface area contributed by atoms with Gasteiger partial charge in [-0.1, -0.05) is 19.3 Å². The molecule has 1 saturated carbocycles. The molecule has 1 fully saturated rings. The highest BCUT2D eigenvalue weighted by Gasteiger charge is 2.39. The minimum absolute atomic E-state index is 0.221. The Kier molecular flexibility index (Phi) is 4.00. The van der Waals surface area contributed by atoms with Gasteiger partial charge < -0.3 is 10.1 Å². The Morgan fingerprint density at radius 2 is 2.16 bits per heavy atom. The number of hydrogen-bond donors (Lipinski definition) is 1. The third kappa shape index (κ3) is 2.84. The number of anilines is 1. The van der Waals surface area contributed by atoms with Crippen LogP contribution in [0.4, 0.5) is 5.69 Å². The van der Waals surface area contributed by atoms with Crippen LogP contribution >= 0.6 is 0 Å². The van der Waals surface area contributed by atoms with E-state index in [9.17, 15) is 10.1 Å². The molecule has 0 radical (unpaired) electrons. The minimum Gasteiger partial charge on any atom is -0.481 e. The Morgan fingerprint density at radius 3 is 2.68 bits per heavy atom. The van der Waals surface area contributed by atoms with Crippen molar-refractivity contribution in [2.75, 3.05) is 12.4 Å². The summed E-state index contributed by atoms with van der Waals surface area (Å²) < 4.78 is 4.96. The first-order chi connectivity index (χ1) is 9.20. The van der Waals surface area contributed by atoms with Crippen LogP contribution in [0.15, 0.2) is 18.3 Å². The molecule has 2 rings (SSSR count). The van der Waals surface area contributed by atoms with E-state index in [1.807, 2.05) is 0 Å². The monoisotopic (exact) mass is 259 g/mol. The third-order valence-corrected chi connectivity index (χ3v) is 3.56. The first kappa shape index (κ1) is 13.3. The van der Waals surface area contributed by atoms with Crippen LogP contribution in [-0.4, -0.2) is 18.0 Å². The minimum atomic E-state index is -0.877. The number of amides is 1. The second-order valence-electron chi connectivity index (χ2n) is 4.80. The number of carbonyl (C=O) groups is 1. The van der Waals surface area contributed by atoms with Crippen molar-refractivity contribution in [2.45, 2.75) is 32.1 Å². The van der Waals surface area contributed by atoms with E-state index in [0.717, 1.165) is 19.3 Å². The molecule has 0 bridgehead atoms. The molecule has 1 aliphatic carbocycles. The highest BCUT2D eigenvalue weighted by molar-refractivity contribution is 5.97. The fourth-order valence-electron chi connectivity index (χ4n) is 2.37. The summed E-state index contributed by atoms with van der Waals surface area (Å²) in [6.07, 6.45) is 5.77. The van der Waals surface area contributed by atoms with E-state index in [1.165, 1.54) is 13.3 Å². The second-order valence-corrected chi connectivity index (χ2v) is 4.80. The van der Waals surface area contributed by atoms with Gasteiger partial charge in [0.15, 0.2) is 0 Å². The Morgan fingerprint density at radius 1 is 1.42 bits per heavy atom. The van der Waals surface area contributed by atoms with E-state index < -0.39 is 5.41 Å². The maximum Gasteiger partial charge on any atom is 0.244 e. The molecule has 5 nitrogen and oxygen atoms in total. The normalized spacial score (nSPS) is 17.3. The molecule has 1 heterocycles. The van der Waals surface area contributed by atoms with Crippen molar-refractivity contribution in [1.29, 1.82) is 5.26 Å². The van der Waals surface area contributed by atoms with E-state index in [1.54, 1.807) is 12.1 Å². The molecule has 100 valence electrons. The lowest BCUT2D eigenvalue weighted by Crippen LogP contribution is -2.36. The number of ether oxygens (including phenoxy) is 1. The van der Waals surface area contributed by atoms with Gasteiger partial charge in [-0.3, -0.25) is 4.79 Å². The second kappa shape index (κ2) is 5.70. The van der Waals surface area contributed by atoms with Crippen LogP contribution in [0.25, 0.3) is 0 Å². The van der Waals surface area contributed by atoms with Gasteiger partial charge in [0.05, 0.1) is 25.1 Å². The Bertz CT molecular complexity index is 484. The van der Waals surface area contributed by atoms with E-state index >= 15 is 0 Å². The Labute approximate surface area is 112 Å². The summed E-state index contributed by atoms with van der Waals surface area (Å²) >= 11 is 0. The average Bonchev–Trinajstić information content (AvgIpc) is 2.48. The molecular formula is C14H17N3O2. The molecule has 0 aromatic carbocycles. The summed E-state index contributed by atoms with van der Waals surface area (Å²) in [5.74, 6) is 0.271. The van der Waals surface area contributed by atoms with Crippen molar-refractivity contribution >= 4 is 11.6 Å². The molecule has 0 unspecified atom stereocenters. The molecule has 0 atom stereocenters. The molecule has 0 aliphatic heterocycles. The average molecular weight is 259 g/mol. The Balaban J connectivity index is 2.08. The van der Waals surface area contributed by atoms with Gasteiger partial charge >= 0.3 is 0 Å². The summed E-state index contributed by atoms with van der Waals surface area (Å²) in [4.78, 5) is 16.3. The standard InChI is InChI=1S/C14H17N3O2/c1-19-12-6-5-11(9-16-12)17-13(18)14(10-15)7-3-2-4-8-14/h5-6,9H,2-4,7-8H2,1H3,(H,17,18). The highest BCUT2D eigenvalue weighted by atomic mass is 16.5. The maximum atomic E-state index is 12.3. The summed E-state index contributed by atoms with van der Waals surface area (Å²) in [6, 6.07) is 5.60. The van der Waals surface area contributed by atoms with Crippen LogP contribution in [-0.2, 0) is 4.79 Å². The smallest absolute Gasteiger partial charge is 0.244 e. The molecule has 1 amide bonds. The van der Waals surface area contributed by atoms with Gasteiger partial charge in [0, 0.05) is 6.07 Å². The number of pyridine rings is 1. The highest BCUT2D eigenvalue weighted by Crippen LogP contribution is 2.36. The maximum absolute atomic E-state index is 12.3. The van der Waals surface area contributed by atoms with Gasteiger partial charge in [-0.25, -0.2) is 4.98 Å². The van der Waals surface area contributed by atoms with Gasteiger partial charge in [0.1, 0.15) is 5.41 Å². The zero-order chi connectivity index (χ0) is 13.7. The van der Waals surface area contributed by atoms with Gasteiger partial charge in [0.2, 0.25) is 11.8 Å². The largest absolute Gasteiger partial charge is 0.481 e. The summed E-state index contributed by atoms with van der Waals surface area (Å²) in [6.45, 7) is 0. The van der Waals surface area contributed by atoms with Crippen molar-refractivity contribution < 1.29 is 9.53 Å². The number of nitrogens with zero attached hydrogens (tertiary/aromatic N) is 2. The van der Waals surface area contributed by atoms with Crippen molar-refractivity contribution in [3.05, 3.63) is 18.3 Å². The van der Waals surface area contributed by atoms with Crippen molar-refractivity contribution in [3.63, 3.8) is 0 Å². The number of nitrogens with one attached hydrogen (secondary N) is 1. The number of hydrogen-bond acceptors (Lipinski definition) is 4. The first-order valence-corrected chi connectivity index (χ1v) is 6.43. The molecule has 5 heteroatoms. The number of carbonyl (C=O) groups excluding carboxylic acids is 1. The first-order valence-electron chi connectivity index (χ1n) is 6.43. The van der Waals surface area contributed by atoms with Crippen LogP contribution in [0.5, 0.6) is 5.88 Å². The molecule has 19 heavy (non-hydrogen) atoms. The van der Waals surface area contributed by atoms with Crippen molar-refractivity contribution in [3.8, 4) is 11.9 Å². The molecule has 0 spiro atoms. The number of methoxy groups -OCH3 is 1. The zero-order valence-corrected chi connectivity index (χ0v) is 11.0. The van der Waals surface area contributed by atoms with Crippen LogP contribution < -0.4 is 10.1 Å². The van der Waals surface area contributed by atoms with Gasteiger partial charge in [0.25, 0.3) is 0 Å². The predicted molar refractivity (Wildman–Crippen MR) is 70.5 cm³/mol. The van der Waals surface area contributed by atoms with Crippen LogP contribution in [0.1, 0.15) is 32.1 Å². The quantitative estimate of drug-likeness (QED) is 0.905. The van der Waals surface area contributed by atoms with E-state index in [0.29, 0.717) is 24.4 Å². The molecule has 1 aromatic rings. The summed E-state index contributed by atoms with van der Waals surface area (Å²) in [5.41, 5.74) is -0.288. The zero-order valence-electron chi connectivity index (χ0n) is 11.0. The number of nitriles is 1. The third-order valence-electron chi connectivity index (χ3n) is 3.56. The molecule has 1 aliphatic rings. The number of aromatic nitrogens is 1. The van der Waals surface area contributed by atoms with Crippen molar-refractivity contribution in [2.24, 2.45) is 5.41 Å². The lowest BCUT2D eigenvalue weighted by Gasteiger charge is -2.29. The van der Waals surface area contributed by atoms with Gasteiger partial charge in [-0.15, -0.1) is 0 Å². The van der Waals surface area contributed by atoms with E-state index in [-0.39, 0.29) is 5.91 Å². The SMILES string of the molecule is COc1ccc(NC(=O)C2(C#N)CCCCC2)cn1. The predicted octanol–water partition coefficient (Wildman–Crippen LogP) is 2.50. The molecule has 1 aromatic heterocycles. The fourth-order valence-corrected chi connectivity index (χ4v) is 2.37. The van der Waals surface area contributed by atoms with Crippen LogP contribution in [0.3, 0.4) is 0 Å². The van der Waals surface area contributed by atoms with Gasteiger partial charge in [-0.2, -0.15) is 5.26 Å². The van der Waals surface area contributed by atoms with Crippen LogP contribution in [0.2, 0.25) is 0 Å². The molecular weight excluding hydrogens is 242 g/mol. The summed E-state index contributed by atoms with van der Waals surface area (Å²) in [7, 11) is 1.54. The van der Waals surface area contributed by atoms with Gasteiger partial charge in [-0.05, 0) is 18.9 Å². The summed E-state index contributed by atoms with van der Waals surface area (Å²) in [5, 5.41) is 12.1. The van der Waals surface area contributed by atoms with E-state index in [4.69, 9.17) is 4.74 Å². The van der Waals surface area contributed by atoms with Crippen molar-refractivity contribution in [1.82, 2.24) is 4.98 Å². The molecule has 0 saturated heterocycles. The Hall–Kier alpha value is -2.09. The molecule has 1 N–H and O–H groups in total. The topological polar surface area (TPSA) is 75.0 Å². The lowest BCUT2D eigenvalue weighted by atomic mass is 9.74. The fraction of sp³-hybridized carbons (Fsp3) is 0.500.